The highest BCUT2D eigenvalue weighted by Crippen LogP contribution is 2.42. The van der Waals surface area contributed by atoms with Crippen molar-refractivity contribution >= 4 is 17.9 Å². The van der Waals surface area contributed by atoms with Gasteiger partial charge in [0.15, 0.2) is 0 Å². The van der Waals surface area contributed by atoms with E-state index in [0.29, 0.717) is 12.0 Å². The molecule has 190 valence electrons. The van der Waals surface area contributed by atoms with Crippen molar-refractivity contribution in [1.82, 2.24) is 15.5 Å². The van der Waals surface area contributed by atoms with Crippen LogP contribution in [0.4, 0.5) is 4.79 Å². The monoisotopic (exact) mass is 477 g/mol. The maximum atomic E-state index is 13.7. The molecule has 0 heterocycles. The van der Waals surface area contributed by atoms with Crippen LogP contribution >= 0.6 is 0 Å². The van der Waals surface area contributed by atoms with Crippen molar-refractivity contribution in [2.45, 2.75) is 91.1 Å². The highest BCUT2D eigenvalue weighted by Gasteiger charge is 2.49. The number of nitrogens with zero attached hydrogens (tertiary/aromatic N) is 1. The number of aliphatic hydroxyl groups excluding tert-OH is 1. The Hall–Kier alpha value is -2.81. The topological polar surface area (TPSA) is 128 Å². The third-order valence-corrected chi connectivity index (χ3v) is 5.44. The number of alkyl carbamates (subject to hydrolysis) is 1. The summed E-state index contributed by atoms with van der Waals surface area (Å²) in [6.45, 7) is 13.5. The van der Waals surface area contributed by atoms with E-state index in [4.69, 9.17) is 4.74 Å². The van der Waals surface area contributed by atoms with Gasteiger partial charge in [-0.05, 0) is 66.4 Å². The first-order valence-corrected chi connectivity index (χ1v) is 11.6. The molecule has 1 saturated carbocycles. The lowest BCUT2D eigenvalue weighted by molar-refractivity contribution is -0.144. The second-order valence-corrected chi connectivity index (χ2v) is 11.1. The van der Waals surface area contributed by atoms with E-state index in [9.17, 15) is 24.6 Å². The van der Waals surface area contributed by atoms with Crippen molar-refractivity contribution in [1.29, 1.82) is 0 Å². The number of hydrogen-bond acceptors (Lipinski definition) is 6. The first-order valence-electron chi connectivity index (χ1n) is 11.6. The predicted octanol–water partition coefficient (Wildman–Crippen LogP) is 2.78. The van der Waals surface area contributed by atoms with Gasteiger partial charge in [0.05, 0.1) is 6.61 Å². The number of aromatic hydroxyl groups is 1. The van der Waals surface area contributed by atoms with Gasteiger partial charge in [0.2, 0.25) is 11.8 Å². The summed E-state index contributed by atoms with van der Waals surface area (Å²) in [7, 11) is 0. The molecule has 4 atom stereocenters. The number of ether oxygens (including phenoxy) is 1. The van der Waals surface area contributed by atoms with E-state index in [1.54, 1.807) is 45.9 Å². The molecule has 9 nitrogen and oxygen atoms in total. The molecule has 0 aromatic heterocycles. The Morgan fingerprint density at radius 1 is 1.18 bits per heavy atom. The maximum absolute atomic E-state index is 13.7. The highest BCUT2D eigenvalue weighted by atomic mass is 16.6. The lowest BCUT2D eigenvalue weighted by Crippen LogP contribution is -2.56. The van der Waals surface area contributed by atoms with E-state index in [-0.39, 0.29) is 23.3 Å². The number of hydrogen-bond donors (Lipinski definition) is 4. The average Bonchev–Trinajstić information content (AvgIpc) is 3.39. The zero-order valence-corrected chi connectivity index (χ0v) is 21.4. The van der Waals surface area contributed by atoms with Gasteiger partial charge in [0, 0.05) is 17.1 Å². The molecule has 9 heteroatoms. The zero-order chi connectivity index (χ0) is 26.0. The summed E-state index contributed by atoms with van der Waals surface area (Å²) in [5, 5.41) is 26.1. The Morgan fingerprint density at radius 2 is 1.76 bits per heavy atom. The Kier molecular flexibility index (Phi) is 8.24. The number of phenols is 1. The molecule has 1 aliphatic carbocycles. The number of carbonyl (C=O) groups is 3. The van der Waals surface area contributed by atoms with Crippen molar-refractivity contribution in [3.05, 3.63) is 29.3 Å². The summed E-state index contributed by atoms with van der Waals surface area (Å²) in [4.78, 5) is 41.0. The van der Waals surface area contributed by atoms with Crippen LogP contribution in [0.1, 0.15) is 72.1 Å². The van der Waals surface area contributed by atoms with Gasteiger partial charge >= 0.3 is 6.09 Å². The Bertz CT molecular complexity index is 918. The van der Waals surface area contributed by atoms with Crippen LogP contribution in [0.2, 0.25) is 0 Å². The molecule has 34 heavy (non-hydrogen) atoms. The fourth-order valence-corrected chi connectivity index (χ4v) is 3.75. The second kappa shape index (κ2) is 10.2. The molecule has 4 N–H and O–H groups in total. The molecule has 1 aliphatic rings. The molecule has 1 aromatic carbocycles. The van der Waals surface area contributed by atoms with Crippen molar-refractivity contribution in [3.63, 3.8) is 0 Å². The number of rotatable bonds is 7. The summed E-state index contributed by atoms with van der Waals surface area (Å²) in [6.07, 6.45) is -0.194. The van der Waals surface area contributed by atoms with E-state index in [2.05, 4.69) is 10.6 Å². The average molecular weight is 478 g/mol. The lowest BCUT2D eigenvalue weighted by Gasteiger charge is -2.36. The van der Waals surface area contributed by atoms with Crippen LogP contribution in [-0.4, -0.2) is 62.9 Å². The smallest absolute Gasteiger partial charge is 0.408 e. The maximum Gasteiger partial charge on any atom is 0.408 e. The Balaban J connectivity index is 2.51. The number of aliphatic hydroxyl groups is 1. The van der Waals surface area contributed by atoms with E-state index in [1.165, 1.54) is 4.90 Å². The van der Waals surface area contributed by atoms with Gasteiger partial charge in [-0.15, -0.1) is 0 Å². The van der Waals surface area contributed by atoms with Gasteiger partial charge in [-0.2, -0.15) is 0 Å². The van der Waals surface area contributed by atoms with Gasteiger partial charge in [0.1, 0.15) is 23.4 Å². The molecule has 2 rings (SSSR count). The molecular weight excluding hydrogens is 438 g/mol. The van der Waals surface area contributed by atoms with Gasteiger partial charge in [-0.3, -0.25) is 9.59 Å². The Labute approximate surface area is 201 Å². The van der Waals surface area contributed by atoms with Crippen LogP contribution in [0.5, 0.6) is 5.75 Å². The van der Waals surface area contributed by atoms with Gasteiger partial charge in [0.25, 0.3) is 0 Å². The molecule has 0 spiro atoms. The molecule has 0 radical (unpaired) electrons. The number of aryl methyl sites for hydroxylation is 1. The Morgan fingerprint density at radius 3 is 2.24 bits per heavy atom. The minimum atomic E-state index is -1.32. The van der Waals surface area contributed by atoms with Crippen molar-refractivity contribution in [3.8, 4) is 5.75 Å². The fourth-order valence-electron chi connectivity index (χ4n) is 3.75. The zero-order valence-electron chi connectivity index (χ0n) is 21.4. The van der Waals surface area contributed by atoms with Crippen molar-refractivity contribution in [2.24, 2.45) is 5.92 Å². The third kappa shape index (κ3) is 7.09. The lowest BCUT2D eigenvalue weighted by atomic mass is 9.97. The number of nitrogens with one attached hydrogen (secondary N) is 2. The van der Waals surface area contributed by atoms with Gasteiger partial charge in [-0.1, -0.05) is 25.1 Å². The van der Waals surface area contributed by atoms with E-state index >= 15 is 0 Å². The normalized spacial score (nSPS) is 19.6. The molecule has 0 bridgehead atoms. The molecule has 1 aromatic rings. The molecule has 1 fully saturated rings. The molecule has 4 unspecified atom stereocenters. The third-order valence-electron chi connectivity index (χ3n) is 5.44. The first-order chi connectivity index (χ1) is 15.6. The van der Waals surface area contributed by atoms with E-state index < -0.39 is 47.7 Å². The number of amides is 3. The standard InChI is InChI=1S/C25H39N3O6/c1-14-10-9-11-16(20(14)30)19(21(31)27-24(3,4)5)28(18-12-15(18)2)22(32)17(13-29)26-23(33)34-25(6,7)8/h9-11,15,17-19,29-30H,12-13H2,1-8H3,(H,26,33)(H,27,31). The molecule has 0 saturated heterocycles. The van der Waals surface area contributed by atoms with Crippen LogP contribution in [0.25, 0.3) is 0 Å². The minimum Gasteiger partial charge on any atom is -0.507 e. The summed E-state index contributed by atoms with van der Waals surface area (Å²) >= 11 is 0. The SMILES string of the molecule is Cc1cccc(C(C(=O)NC(C)(C)C)N(C(=O)C(CO)NC(=O)OC(C)(C)C)C2CC2C)c1O. The molecule has 0 aliphatic heterocycles. The van der Waals surface area contributed by atoms with Crippen LogP contribution in [0.3, 0.4) is 0 Å². The van der Waals surface area contributed by atoms with Crippen molar-refractivity contribution in [2.75, 3.05) is 6.61 Å². The predicted molar refractivity (Wildman–Crippen MR) is 128 cm³/mol. The van der Waals surface area contributed by atoms with Crippen LogP contribution < -0.4 is 10.6 Å². The summed E-state index contributed by atoms with van der Waals surface area (Å²) in [6, 6.07) is 2.26. The number of phenolic OH excluding ortho intramolecular Hbond substituents is 1. The quantitative estimate of drug-likeness (QED) is 0.478. The van der Waals surface area contributed by atoms with Crippen molar-refractivity contribution < 1.29 is 29.3 Å². The van der Waals surface area contributed by atoms with Crippen LogP contribution in [-0.2, 0) is 14.3 Å². The largest absolute Gasteiger partial charge is 0.507 e. The molecular formula is C25H39N3O6. The van der Waals surface area contributed by atoms with E-state index in [1.807, 2.05) is 27.7 Å². The number of benzene rings is 1. The van der Waals surface area contributed by atoms with Gasteiger partial charge in [-0.25, -0.2) is 4.79 Å². The highest BCUT2D eigenvalue weighted by molar-refractivity contribution is 5.93. The number of carbonyl (C=O) groups excluding carboxylic acids is 3. The van der Waals surface area contributed by atoms with E-state index in [0.717, 1.165) is 0 Å². The molecule has 3 amide bonds. The number of para-hydroxylation sites is 1. The second-order valence-electron chi connectivity index (χ2n) is 11.1. The fraction of sp³-hybridized carbons (Fsp3) is 0.640. The van der Waals surface area contributed by atoms with Crippen LogP contribution in [0.15, 0.2) is 18.2 Å². The first kappa shape index (κ1) is 27.4. The summed E-state index contributed by atoms with van der Waals surface area (Å²) in [5.41, 5.74) is -0.541. The minimum absolute atomic E-state index is 0.0803. The van der Waals surface area contributed by atoms with Gasteiger partial charge < -0.3 is 30.5 Å². The summed E-state index contributed by atoms with van der Waals surface area (Å²) in [5.74, 6) is -1.06. The van der Waals surface area contributed by atoms with Crippen LogP contribution in [0, 0.1) is 12.8 Å². The summed E-state index contributed by atoms with van der Waals surface area (Å²) < 4.78 is 5.24.